The fraction of sp³-hybridized carbons (Fsp3) is 0.526. The molecule has 0 radical (unpaired) electrons. The van der Waals surface area contributed by atoms with Gasteiger partial charge >= 0.3 is 0 Å². The van der Waals surface area contributed by atoms with Gasteiger partial charge in [0.25, 0.3) is 0 Å². The highest BCUT2D eigenvalue weighted by Gasteiger charge is 2.24. The van der Waals surface area contributed by atoms with Crippen LogP contribution >= 0.6 is 11.8 Å². The molecule has 0 spiro atoms. The van der Waals surface area contributed by atoms with Gasteiger partial charge in [-0.3, -0.25) is 9.36 Å². The van der Waals surface area contributed by atoms with E-state index in [0.29, 0.717) is 11.8 Å². The SMILES string of the molecule is Cc1ccc(C)c(-n2c(C)nnc2SCC(=O)N2CCCCC2C)c1. The predicted molar refractivity (Wildman–Crippen MR) is 101 cm³/mol. The topological polar surface area (TPSA) is 51.0 Å². The second-order valence-corrected chi connectivity index (χ2v) is 7.82. The number of piperidine rings is 1. The number of aromatic nitrogens is 3. The Labute approximate surface area is 153 Å². The maximum absolute atomic E-state index is 12.6. The molecule has 2 aromatic rings. The van der Waals surface area contributed by atoms with Crippen LogP contribution in [0.3, 0.4) is 0 Å². The summed E-state index contributed by atoms with van der Waals surface area (Å²) in [6.45, 7) is 9.14. The van der Waals surface area contributed by atoms with Crippen LogP contribution in [0.1, 0.15) is 43.1 Å². The molecule has 1 aromatic heterocycles. The molecule has 1 aromatic carbocycles. The third-order valence-electron chi connectivity index (χ3n) is 4.85. The fourth-order valence-electron chi connectivity index (χ4n) is 3.35. The first-order chi connectivity index (χ1) is 12.0. The van der Waals surface area contributed by atoms with Crippen molar-refractivity contribution >= 4 is 17.7 Å². The van der Waals surface area contributed by atoms with Gasteiger partial charge in [0.15, 0.2) is 5.16 Å². The number of likely N-dealkylation sites (tertiary alicyclic amines) is 1. The highest BCUT2D eigenvalue weighted by Crippen LogP contribution is 2.26. The van der Waals surface area contributed by atoms with Gasteiger partial charge in [-0.1, -0.05) is 23.9 Å². The first-order valence-electron chi connectivity index (χ1n) is 8.89. The van der Waals surface area contributed by atoms with Crippen LogP contribution in [0, 0.1) is 20.8 Å². The first-order valence-corrected chi connectivity index (χ1v) is 9.88. The molecular weight excluding hydrogens is 332 g/mol. The quantitative estimate of drug-likeness (QED) is 0.782. The average Bonchev–Trinajstić information content (AvgIpc) is 2.96. The maximum Gasteiger partial charge on any atom is 0.233 e. The van der Waals surface area contributed by atoms with Gasteiger partial charge in [-0.2, -0.15) is 0 Å². The highest BCUT2D eigenvalue weighted by molar-refractivity contribution is 7.99. The van der Waals surface area contributed by atoms with Gasteiger partial charge < -0.3 is 4.90 Å². The Morgan fingerprint density at radius 1 is 1.24 bits per heavy atom. The number of rotatable bonds is 4. The summed E-state index contributed by atoms with van der Waals surface area (Å²) in [7, 11) is 0. The van der Waals surface area contributed by atoms with E-state index in [1.807, 2.05) is 11.8 Å². The van der Waals surface area contributed by atoms with E-state index in [0.717, 1.165) is 36.1 Å². The smallest absolute Gasteiger partial charge is 0.233 e. The minimum Gasteiger partial charge on any atom is -0.339 e. The van der Waals surface area contributed by atoms with Crippen LogP contribution < -0.4 is 0 Å². The largest absolute Gasteiger partial charge is 0.339 e. The Hall–Kier alpha value is -1.82. The fourth-order valence-corrected chi connectivity index (χ4v) is 4.23. The van der Waals surface area contributed by atoms with E-state index < -0.39 is 0 Å². The molecule has 134 valence electrons. The number of carbonyl (C=O) groups is 1. The molecule has 0 N–H and O–H groups in total. The normalized spacial score (nSPS) is 17.8. The third-order valence-corrected chi connectivity index (χ3v) is 5.76. The minimum absolute atomic E-state index is 0.199. The number of aryl methyl sites for hydroxylation is 3. The number of benzene rings is 1. The lowest BCUT2D eigenvalue weighted by atomic mass is 10.0. The van der Waals surface area contributed by atoms with E-state index in [-0.39, 0.29) is 5.91 Å². The van der Waals surface area contributed by atoms with E-state index in [2.05, 4.69) is 53.7 Å². The standard InChI is InChI=1S/C19H26N4OS/c1-13-8-9-14(2)17(11-13)23-16(4)20-21-19(23)25-12-18(24)22-10-6-5-7-15(22)3/h8-9,11,15H,5-7,10,12H2,1-4H3. The molecule has 25 heavy (non-hydrogen) atoms. The van der Waals surface area contributed by atoms with Crippen molar-refractivity contribution in [2.45, 2.75) is 58.2 Å². The zero-order chi connectivity index (χ0) is 18.0. The van der Waals surface area contributed by atoms with E-state index in [1.165, 1.54) is 29.3 Å². The summed E-state index contributed by atoms with van der Waals surface area (Å²) < 4.78 is 2.06. The number of hydrogen-bond acceptors (Lipinski definition) is 4. The van der Waals surface area contributed by atoms with E-state index in [4.69, 9.17) is 0 Å². The molecule has 1 aliphatic heterocycles. The molecule has 1 atom stereocenters. The lowest BCUT2D eigenvalue weighted by Gasteiger charge is -2.33. The van der Waals surface area contributed by atoms with Crippen molar-refractivity contribution in [1.82, 2.24) is 19.7 Å². The van der Waals surface area contributed by atoms with Crippen LogP contribution in [0.25, 0.3) is 5.69 Å². The van der Waals surface area contributed by atoms with Crippen molar-refractivity contribution in [3.63, 3.8) is 0 Å². The Morgan fingerprint density at radius 2 is 2.04 bits per heavy atom. The molecule has 3 rings (SSSR count). The van der Waals surface area contributed by atoms with Crippen LogP contribution in [-0.2, 0) is 4.79 Å². The van der Waals surface area contributed by atoms with Gasteiger partial charge in [-0.05, 0) is 64.2 Å². The van der Waals surface area contributed by atoms with Gasteiger partial charge in [0.1, 0.15) is 5.82 Å². The van der Waals surface area contributed by atoms with Gasteiger partial charge in [0.05, 0.1) is 11.4 Å². The third kappa shape index (κ3) is 3.89. The molecule has 5 nitrogen and oxygen atoms in total. The second-order valence-electron chi connectivity index (χ2n) is 6.88. The summed E-state index contributed by atoms with van der Waals surface area (Å²) in [5.41, 5.74) is 3.46. The lowest BCUT2D eigenvalue weighted by molar-refractivity contribution is -0.131. The van der Waals surface area contributed by atoms with Crippen LogP contribution in [0.15, 0.2) is 23.4 Å². The Bertz CT molecular complexity index is 771. The van der Waals surface area contributed by atoms with Crippen molar-refractivity contribution < 1.29 is 4.79 Å². The molecule has 1 saturated heterocycles. The summed E-state index contributed by atoms with van der Waals surface area (Å²) in [5, 5.41) is 9.32. The van der Waals surface area contributed by atoms with Crippen LogP contribution in [0.5, 0.6) is 0 Å². The van der Waals surface area contributed by atoms with Gasteiger partial charge in [0.2, 0.25) is 5.91 Å². The second kappa shape index (κ2) is 7.60. The zero-order valence-electron chi connectivity index (χ0n) is 15.5. The van der Waals surface area contributed by atoms with Gasteiger partial charge in [-0.15, -0.1) is 10.2 Å². The number of thioether (sulfide) groups is 1. The van der Waals surface area contributed by atoms with Crippen molar-refractivity contribution in [1.29, 1.82) is 0 Å². The molecular formula is C19H26N4OS. The molecule has 1 unspecified atom stereocenters. The van der Waals surface area contributed by atoms with Crippen LogP contribution in [0.4, 0.5) is 0 Å². The van der Waals surface area contributed by atoms with Crippen LogP contribution in [-0.4, -0.2) is 43.9 Å². The van der Waals surface area contributed by atoms with E-state index >= 15 is 0 Å². The predicted octanol–water partition coefficient (Wildman–Crippen LogP) is 3.69. The maximum atomic E-state index is 12.6. The molecule has 0 saturated carbocycles. The Balaban J connectivity index is 1.78. The molecule has 1 fully saturated rings. The van der Waals surface area contributed by atoms with E-state index in [9.17, 15) is 4.79 Å². The molecule has 0 aliphatic carbocycles. The molecule has 1 amide bonds. The number of carbonyl (C=O) groups excluding carboxylic acids is 1. The highest BCUT2D eigenvalue weighted by atomic mass is 32.2. The number of nitrogens with zero attached hydrogens (tertiary/aromatic N) is 4. The zero-order valence-corrected chi connectivity index (χ0v) is 16.3. The Morgan fingerprint density at radius 3 is 2.80 bits per heavy atom. The minimum atomic E-state index is 0.199. The van der Waals surface area contributed by atoms with Crippen molar-refractivity contribution in [2.75, 3.05) is 12.3 Å². The molecule has 6 heteroatoms. The summed E-state index contributed by atoms with van der Waals surface area (Å²) in [4.78, 5) is 14.6. The molecule has 1 aliphatic rings. The monoisotopic (exact) mass is 358 g/mol. The lowest BCUT2D eigenvalue weighted by Crippen LogP contribution is -2.42. The Kier molecular flexibility index (Phi) is 5.47. The number of hydrogen-bond donors (Lipinski definition) is 0. The molecule has 2 heterocycles. The van der Waals surface area contributed by atoms with Crippen molar-refractivity contribution in [3.8, 4) is 5.69 Å². The molecule has 0 bridgehead atoms. The first kappa shape index (κ1) is 18.0. The number of amides is 1. The summed E-state index contributed by atoms with van der Waals surface area (Å²) in [6.07, 6.45) is 3.44. The summed E-state index contributed by atoms with van der Waals surface area (Å²) in [5.74, 6) is 1.45. The summed E-state index contributed by atoms with van der Waals surface area (Å²) >= 11 is 1.48. The van der Waals surface area contributed by atoms with Gasteiger partial charge in [0, 0.05) is 12.6 Å². The van der Waals surface area contributed by atoms with Gasteiger partial charge in [-0.25, -0.2) is 0 Å². The van der Waals surface area contributed by atoms with E-state index in [1.54, 1.807) is 0 Å². The summed E-state index contributed by atoms with van der Waals surface area (Å²) in [6, 6.07) is 6.70. The van der Waals surface area contributed by atoms with Crippen molar-refractivity contribution in [3.05, 3.63) is 35.2 Å². The average molecular weight is 359 g/mol. The van der Waals surface area contributed by atoms with Crippen LogP contribution in [0.2, 0.25) is 0 Å². The van der Waals surface area contributed by atoms with Crippen molar-refractivity contribution in [2.24, 2.45) is 0 Å².